The van der Waals surface area contributed by atoms with E-state index in [9.17, 15) is 13.2 Å². The summed E-state index contributed by atoms with van der Waals surface area (Å²) in [6, 6.07) is 16.9. The average molecular weight is 505 g/mol. The quantitative estimate of drug-likeness (QED) is 0.380. The van der Waals surface area contributed by atoms with Gasteiger partial charge in [0, 0.05) is 49.5 Å². The Labute approximate surface area is 213 Å². The lowest BCUT2D eigenvalue weighted by Gasteiger charge is -2.32. The highest BCUT2D eigenvalue weighted by atomic mass is 32.2. The highest BCUT2D eigenvalue weighted by Crippen LogP contribution is 2.38. The van der Waals surface area contributed by atoms with Crippen molar-refractivity contribution in [2.45, 2.75) is 18.2 Å². The number of likely N-dealkylation sites (N-methyl/N-ethyl adjacent to an activating group) is 1. The third-order valence-electron chi connectivity index (χ3n) is 7.07. The largest absolute Gasteiger partial charge is 0.321 e. The van der Waals surface area contributed by atoms with Crippen molar-refractivity contribution in [1.29, 1.82) is 0 Å². The average Bonchev–Trinajstić information content (AvgIpc) is 3.18. The number of nitrogens with zero attached hydrogens (tertiary/aromatic N) is 2. The molecule has 1 amide bonds. The number of aryl methyl sites for hydroxylation is 1. The molecular formula is C28H32N4O3S. The number of piperazine rings is 1. The van der Waals surface area contributed by atoms with Gasteiger partial charge in [-0.05, 0) is 73.5 Å². The van der Waals surface area contributed by atoms with E-state index in [0.717, 1.165) is 61.4 Å². The van der Waals surface area contributed by atoms with Gasteiger partial charge in [0.2, 0.25) is 10.0 Å². The molecule has 0 bridgehead atoms. The number of benzene rings is 1. The Kier molecular flexibility index (Phi) is 6.94. The summed E-state index contributed by atoms with van der Waals surface area (Å²) in [7, 11) is -1.57. The normalized spacial score (nSPS) is 18.1. The number of carbonyl (C=O) groups is 1. The van der Waals surface area contributed by atoms with Gasteiger partial charge in [0.05, 0.1) is 4.90 Å². The molecule has 0 atom stereocenters. The molecule has 1 fully saturated rings. The zero-order valence-corrected chi connectivity index (χ0v) is 21.6. The van der Waals surface area contributed by atoms with E-state index in [0.29, 0.717) is 23.4 Å². The fraction of sp³-hybridized carbons (Fsp3) is 0.321. The monoisotopic (exact) mass is 504 g/mol. The maximum atomic E-state index is 13.0. The number of hydrogen-bond donors (Lipinski definition) is 2. The van der Waals surface area contributed by atoms with Crippen LogP contribution in [0.15, 0.2) is 59.5 Å². The highest BCUT2D eigenvalue weighted by molar-refractivity contribution is 7.89. The molecule has 2 heterocycles. The molecule has 36 heavy (non-hydrogen) atoms. The number of fused-ring (bicyclic) bond motifs is 2. The number of hydrogen-bond acceptors (Lipinski definition) is 5. The summed E-state index contributed by atoms with van der Waals surface area (Å²) in [5, 5.41) is 2.87. The minimum absolute atomic E-state index is 0.165. The van der Waals surface area contributed by atoms with Crippen molar-refractivity contribution in [3.8, 4) is 11.1 Å². The van der Waals surface area contributed by atoms with Gasteiger partial charge >= 0.3 is 0 Å². The molecule has 2 aliphatic heterocycles. The van der Waals surface area contributed by atoms with Crippen molar-refractivity contribution in [3.05, 3.63) is 71.3 Å². The van der Waals surface area contributed by atoms with Gasteiger partial charge in [0.15, 0.2) is 0 Å². The van der Waals surface area contributed by atoms with Gasteiger partial charge in [-0.15, -0.1) is 0 Å². The van der Waals surface area contributed by atoms with Crippen LogP contribution in [0.4, 0.5) is 5.69 Å². The topological polar surface area (TPSA) is 81.7 Å². The Bertz CT molecular complexity index is 1390. The summed E-state index contributed by atoms with van der Waals surface area (Å²) in [6.45, 7) is 7.41. The van der Waals surface area contributed by atoms with Crippen LogP contribution in [0.3, 0.4) is 0 Å². The molecule has 4 aliphatic rings. The first-order chi connectivity index (χ1) is 17.3. The van der Waals surface area contributed by atoms with Crippen LogP contribution in [-0.2, 0) is 14.8 Å². The molecule has 0 aromatic heterocycles. The Balaban J connectivity index is 1.33. The van der Waals surface area contributed by atoms with E-state index in [1.807, 2.05) is 37.3 Å². The molecule has 0 saturated carbocycles. The van der Waals surface area contributed by atoms with E-state index in [-0.39, 0.29) is 10.8 Å². The Morgan fingerprint density at radius 3 is 2.50 bits per heavy atom. The van der Waals surface area contributed by atoms with Crippen LogP contribution in [0, 0.1) is 6.92 Å². The summed E-state index contributed by atoms with van der Waals surface area (Å²) in [6.07, 6.45) is 2.61. The van der Waals surface area contributed by atoms with Gasteiger partial charge in [-0.25, -0.2) is 13.1 Å². The van der Waals surface area contributed by atoms with Gasteiger partial charge in [-0.2, -0.15) is 0 Å². The lowest BCUT2D eigenvalue weighted by atomic mass is 10.0. The molecule has 1 saturated heterocycles. The third-order valence-corrected chi connectivity index (χ3v) is 8.53. The minimum Gasteiger partial charge on any atom is -0.321 e. The molecule has 5 rings (SSSR count). The van der Waals surface area contributed by atoms with Crippen LogP contribution in [0.5, 0.6) is 0 Å². The Hall–Kier alpha value is -3.04. The summed E-state index contributed by atoms with van der Waals surface area (Å²) < 4.78 is 28.8. The number of carbonyl (C=O) groups excluding carboxylic acids is 1. The Morgan fingerprint density at radius 2 is 1.72 bits per heavy atom. The molecule has 0 spiro atoms. The molecule has 1 aromatic rings. The van der Waals surface area contributed by atoms with Gasteiger partial charge in [-0.3, -0.25) is 4.79 Å². The summed E-state index contributed by atoms with van der Waals surface area (Å²) in [5.41, 5.74) is 5.94. The van der Waals surface area contributed by atoms with E-state index >= 15 is 0 Å². The molecule has 188 valence electrons. The predicted octanol–water partition coefficient (Wildman–Crippen LogP) is 3.51. The molecule has 2 N–H and O–H groups in total. The second kappa shape index (κ2) is 10.1. The van der Waals surface area contributed by atoms with Crippen molar-refractivity contribution in [2.75, 3.05) is 51.6 Å². The third kappa shape index (κ3) is 5.08. The number of anilines is 1. The van der Waals surface area contributed by atoms with Crippen LogP contribution >= 0.6 is 0 Å². The highest BCUT2D eigenvalue weighted by Gasteiger charge is 2.27. The molecule has 8 heteroatoms. The molecule has 1 aromatic carbocycles. The number of amides is 1. The maximum Gasteiger partial charge on any atom is 0.256 e. The second-order valence-corrected chi connectivity index (χ2v) is 11.4. The van der Waals surface area contributed by atoms with Crippen LogP contribution in [0.25, 0.3) is 22.8 Å². The molecular weight excluding hydrogens is 472 g/mol. The van der Waals surface area contributed by atoms with Crippen molar-refractivity contribution in [3.63, 3.8) is 0 Å². The standard InChI is InChI=1S/C28H32N4O3S/c1-20-17-21(24-8-5-3-4-7-23(20)24)18-26-25-19-22(9-10-27(25)30-28(26)33)36(34,35)29-11-6-12-32-15-13-31(2)14-16-32/h3-5,7-10,17-19,29H,6,11-16H2,1-2H3,(H,30,33). The smallest absolute Gasteiger partial charge is 0.256 e. The number of nitrogens with one attached hydrogen (secondary N) is 2. The first-order valence-corrected chi connectivity index (χ1v) is 13.9. The van der Waals surface area contributed by atoms with E-state index in [1.54, 1.807) is 18.2 Å². The second-order valence-electron chi connectivity index (χ2n) is 9.64. The zero-order chi connectivity index (χ0) is 25.3. The minimum atomic E-state index is -3.69. The molecule has 7 nitrogen and oxygen atoms in total. The van der Waals surface area contributed by atoms with Crippen molar-refractivity contribution in [1.82, 2.24) is 14.5 Å². The molecule has 2 aliphatic carbocycles. The maximum absolute atomic E-state index is 13.0. The molecule has 0 unspecified atom stereocenters. The first kappa shape index (κ1) is 24.6. The van der Waals surface area contributed by atoms with Crippen molar-refractivity contribution >= 4 is 33.3 Å². The van der Waals surface area contributed by atoms with Crippen LogP contribution < -0.4 is 10.0 Å². The lowest BCUT2D eigenvalue weighted by Crippen LogP contribution is -2.45. The zero-order valence-electron chi connectivity index (χ0n) is 20.8. The van der Waals surface area contributed by atoms with Gasteiger partial charge in [-0.1, -0.05) is 36.4 Å². The Morgan fingerprint density at radius 1 is 0.972 bits per heavy atom. The number of rotatable bonds is 7. The number of sulfonamides is 1. The SMILES string of the molecule is Cc1cc(C=C2C(=O)Nc3ccc(S(=O)(=O)NCCCN4CCN(C)CC4)cc32)c2cccccc1-2. The van der Waals surface area contributed by atoms with Crippen molar-refractivity contribution < 1.29 is 13.2 Å². The summed E-state index contributed by atoms with van der Waals surface area (Å²) in [5.74, 6) is -0.230. The van der Waals surface area contributed by atoms with E-state index in [4.69, 9.17) is 0 Å². The fourth-order valence-electron chi connectivity index (χ4n) is 4.95. The first-order valence-electron chi connectivity index (χ1n) is 12.4. The van der Waals surface area contributed by atoms with E-state index in [2.05, 4.69) is 39.0 Å². The van der Waals surface area contributed by atoms with E-state index in [1.165, 1.54) is 0 Å². The van der Waals surface area contributed by atoms with Crippen molar-refractivity contribution in [2.24, 2.45) is 0 Å². The van der Waals surface area contributed by atoms with Gasteiger partial charge in [0.25, 0.3) is 5.91 Å². The predicted molar refractivity (Wildman–Crippen MR) is 144 cm³/mol. The van der Waals surface area contributed by atoms with Crippen LogP contribution in [0.2, 0.25) is 0 Å². The lowest BCUT2D eigenvalue weighted by molar-refractivity contribution is -0.110. The van der Waals surface area contributed by atoms with Crippen LogP contribution in [-0.4, -0.2) is 70.4 Å². The summed E-state index contributed by atoms with van der Waals surface area (Å²) >= 11 is 0. The van der Waals surface area contributed by atoms with E-state index < -0.39 is 10.0 Å². The summed E-state index contributed by atoms with van der Waals surface area (Å²) in [4.78, 5) is 17.7. The van der Waals surface area contributed by atoms with Gasteiger partial charge < -0.3 is 15.1 Å². The fourth-order valence-corrected chi connectivity index (χ4v) is 6.05. The van der Waals surface area contributed by atoms with Gasteiger partial charge in [0.1, 0.15) is 0 Å². The van der Waals surface area contributed by atoms with Crippen LogP contribution in [0.1, 0.15) is 23.1 Å². The molecule has 0 radical (unpaired) electrons.